The Bertz CT molecular complexity index is 471. The molecule has 5 heteroatoms. The minimum absolute atomic E-state index is 0.0499. The fourth-order valence-corrected chi connectivity index (χ4v) is 2.83. The molecule has 1 atom stereocenters. The molecule has 1 aromatic carbocycles. The van der Waals surface area contributed by atoms with Crippen molar-refractivity contribution in [2.75, 3.05) is 19.1 Å². The highest BCUT2D eigenvalue weighted by Gasteiger charge is 2.09. The molecule has 0 radical (unpaired) electrons. The van der Waals surface area contributed by atoms with Gasteiger partial charge in [-0.05, 0) is 18.1 Å². The second kappa shape index (κ2) is 6.87. The maximum atomic E-state index is 11.1. The Hall–Kier alpha value is -0.910. The number of methoxy groups -OCH3 is 1. The molecule has 0 aromatic heterocycles. The van der Waals surface area contributed by atoms with Crippen LogP contribution in [0.2, 0.25) is 0 Å². The van der Waals surface area contributed by atoms with Gasteiger partial charge < -0.3 is 10.1 Å². The summed E-state index contributed by atoms with van der Waals surface area (Å²) < 4.78 is 27.3. The Morgan fingerprint density at radius 1 is 1.33 bits per heavy atom. The van der Waals surface area contributed by atoms with E-state index < -0.39 is 9.84 Å². The Balaban J connectivity index is 2.50. The Morgan fingerprint density at radius 3 is 2.61 bits per heavy atom. The van der Waals surface area contributed by atoms with E-state index >= 15 is 0 Å². The minimum Gasteiger partial charge on any atom is -0.380 e. The zero-order valence-electron chi connectivity index (χ0n) is 11.1. The first-order chi connectivity index (χ1) is 8.40. The number of hydrogen-bond acceptors (Lipinski definition) is 4. The average Bonchev–Trinajstić information content (AvgIpc) is 2.25. The molecule has 0 fully saturated rings. The van der Waals surface area contributed by atoms with Crippen LogP contribution in [0.25, 0.3) is 0 Å². The highest BCUT2D eigenvalue weighted by Crippen LogP contribution is 2.06. The summed E-state index contributed by atoms with van der Waals surface area (Å²) >= 11 is 0. The monoisotopic (exact) mass is 271 g/mol. The molecule has 0 aliphatic carbocycles. The van der Waals surface area contributed by atoms with Crippen molar-refractivity contribution in [3.63, 3.8) is 0 Å². The topological polar surface area (TPSA) is 55.4 Å². The number of rotatable bonds is 7. The van der Waals surface area contributed by atoms with E-state index in [1.807, 2.05) is 25.1 Å². The standard InChI is InChI=1S/C13H21NO3S/c1-11(10-18(3,15)16)14-8-12-5-4-6-13(7-12)9-17-2/h4-7,11,14H,8-10H2,1-3H3. The van der Waals surface area contributed by atoms with Gasteiger partial charge >= 0.3 is 0 Å². The zero-order chi connectivity index (χ0) is 13.6. The van der Waals surface area contributed by atoms with E-state index in [0.717, 1.165) is 11.1 Å². The predicted octanol–water partition coefficient (Wildman–Crippen LogP) is 1.36. The van der Waals surface area contributed by atoms with Crippen LogP contribution in [0.5, 0.6) is 0 Å². The van der Waals surface area contributed by atoms with Crippen molar-refractivity contribution in [2.45, 2.75) is 26.1 Å². The summed E-state index contributed by atoms with van der Waals surface area (Å²) in [6.07, 6.45) is 1.25. The zero-order valence-corrected chi connectivity index (χ0v) is 12.0. The number of benzene rings is 1. The Morgan fingerprint density at radius 2 is 2.00 bits per heavy atom. The lowest BCUT2D eigenvalue weighted by atomic mass is 10.1. The molecule has 102 valence electrons. The maximum absolute atomic E-state index is 11.1. The molecule has 0 spiro atoms. The van der Waals surface area contributed by atoms with Gasteiger partial charge in [-0.1, -0.05) is 24.3 Å². The average molecular weight is 271 g/mol. The van der Waals surface area contributed by atoms with Gasteiger partial charge in [-0.2, -0.15) is 0 Å². The van der Waals surface area contributed by atoms with Gasteiger partial charge in [0.05, 0.1) is 12.4 Å². The number of ether oxygens (including phenoxy) is 1. The van der Waals surface area contributed by atoms with Gasteiger partial charge in [0.15, 0.2) is 0 Å². The lowest BCUT2D eigenvalue weighted by molar-refractivity contribution is 0.185. The van der Waals surface area contributed by atoms with Gasteiger partial charge in [-0.25, -0.2) is 8.42 Å². The number of sulfone groups is 1. The molecule has 1 rings (SSSR count). The fraction of sp³-hybridized carbons (Fsp3) is 0.538. The molecule has 0 saturated carbocycles. The fourth-order valence-electron chi connectivity index (χ4n) is 1.80. The Labute approximate surface area is 109 Å². The first-order valence-electron chi connectivity index (χ1n) is 5.88. The van der Waals surface area contributed by atoms with Crippen LogP contribution < -0.4 is 5.32 Å². The van der Waals surface area contributed by atoms with Crippen LogP contribution in [0.3, 0.4) is 0 Å². The quantitative estimate of drug-likeness (QED) is 0.813. The molecule has 0 aliphatic rings. The molecule has 1 aromatic rings. The van der Waals surface area contributed by atoms with E-state index in [1.54, 1.807) is 7.11 Å². The first kappa shape index (κ1) is 15.1. The molecule has 0 heterocycles. The summed E-state index contributed by atoms with van der Waals surface area (Å²) in [7, 11) is -1.26. The predicted molar refractivity (Wildman–Crippen MR) is 73.2 cm³/mol. The van der Waals surface area contributed by atoms with Crippen LogP contribution >= 0.6 is 0 Å². The first-order valence-corrected chi connectivity index (χ1v) is 7.94. The van der Waals surface area contributed by atoms with Crippen LogP contribution in [0, 0.1) is 0 Å². The van der Waals surface area contributed by atoms with E-state index in [-0.39, 0.29) is 11.8 Å². The normalized spacial score (nSPS) is 13.5. The molecule has 0 saturated heterocycles. The van der Waals surface area contributed by atoms with E-state index in [9.17, 15) is 8.42 Å². The molecular weight excluding hydrogens is 250 g/mol. The lowest BCUT2D eigenvalue weighted by Gasteiger charge is -2.13. The summed E-state index contributed by atoms with van der Waals surface area (Å²) in [5.74, 6) is 0.158. The number of nitrogens with one attached hydrogen (secondary N) is 1. The highest BCUT2D eigenvalue weighted by molar-refractivity contribution is 7.90. The van der Waals surface area contributed by atoms with Crippen molar-refractivity contribution in [2.24, 2.45) is 0 Å². The van der Waals surface area contributed by atoms with Gasteiger partial charge in [0.2, 0.25) is 0 Å². The van der Waals surface area contributed by atoms with Gasteiger partial charge in [-0.15, -0.1) is 0 Å². The summed E-state index contributed by atoms with van der Waals surface area (Å²) in [4.78, 5) is 0. The van der Waals surface area contributed by atoms with Crippen molar-refractivity contribution in [1.82, 2.24) is 5.32 Å². The molecule has 18 heavy (non-hydrogen) atoms. The van der Waals surface area contributed by atoms with Crippen molar-refractivity contribution in [3.05, 3.63) is 35.4 Å². The summed E-state index contributed by atoms with van der Waals surface area (Å²) in [6, 6.07) is 8.01. The SMILES string of the molecule is COCc1cccc(CNC(C)CS(C)(=O)=O)c1. The van der Waals surface area contributed by atoms with Crippen LogP contribution in [0.4, 0.5) is 0 Å². The molecule has 1 unspecified atom stereocenters. The van der Waals surface area contributed by atoms with E-state index in [0.29, 0.717) is 13.2 Å². The molecule has 1 N–H and O–H groups in total. The van der Waals surface area contributed by atoms with E-state index in [2.05, 4.69) is 11.4 Å². The summed E-state index contributed by atoms with van der Waals surface area (Å²) in [5.41, 5.74) is 2.25. The summed E-state index contributed by atoms with van der Waals surface area (Å²) in [5, 5.41) is 3.20. The lowest BCUT2D eigenvalue weighted by Crippen LogP contribution is -2.32. The van der Waals surface area contributed by atoms with Crippen LogP contribution in [0.1, 0.15) is 18.1 Å². The van der Waals surface area contributed by atoms with Gasteiger partial charge in [0.25, 0.3) is 0 Å². The van der Waals surface area contributed by atoms with Gasteiger partial charge in [0.1, 0.15) is 9.84 Å². The molecular formula is C13H21NO3S. The van der Waals surface area contributed by atoms with Crippen molar-refractivity contribution in [3.8, 4) is 0 Å². The van der Waals surface area contributed by atoms with Gasteiger partial charge in [0, 0.05) is 26.0 Å². The van der Waals surface area contributed by atoms with Crippen molar-refractivity contribution in [1.29, 1.82) is 0 Å². The van der Waals surface area contributed by atoms with Gasteiger partial charge in [-0.3, -0.25) is 0 Å². The summed E-state index contributed by atoms with van der Waals surface area (Å²) in [6.45, 7) is 3.13. The maximum Gasteiger partial charge on any atom is 0.148 e. The second-order valence-corrected chi connectivity index (χ2v) is 6.81. The molecule has 0 aliphatic heterocycles. The smallest absolute Gasteiger partial charge is 0.148 e. The van der Waals surface area contributed by atoms with Crippen LogP contribution in [-0.2, 0) is 27.7 Å². The third-order valence-electron chi connectivity index (χ3n) is 2.51. The third-order valence-corrected chi connectivity index (χ3v) is 3.62. The minimum atomic E-state index is -2.93. The van der Waals surface area contributed by atoms with Crippen LogP contribution in [-0.4, -0.2) is 33.6 Å². The number of hydrogen-bond donors (Lipinski definition) is 1. The molecule has 0 bridgehead atoms. The highest BCUT2D eigenvalue weighted by atomic mass is 32.2. The molecule has 0 amide bonds. The Kier molecular flexibility index (Phi) is 5.78. The van der Waals surface area contributed by atoms with E-state index in [1.165, 1.54) is 6.26 Å². The van der Waals surface area contributed by atoms with Crippen molar-refractivity contribution >= 4 is 9.84 Å². The second-order valence-electron chi connectivity index (χ2n) is 4.63. The van der Waals surface area contributed by atoms with Crippen molar-refractivity contribution < 1.29 is 13.2 Å². The molecule has 4 nitrogen and oxygen atoms in total. The van der Waals surface area contributed by atoms with Crippen LogP contribution in [0.15, 0.2) is 24.3 Å². The van der Waals surface area contributed by atoms with E-state index in [4.69, 9.17) is 4.74 Å². The largest absolute Gasteiger partial charge is 0.380 e. The third kappa shape index (κ3) is 6.14.